The molecule has 0 spiro atoms. The van der Waals surface area contributed by atoms with Crippen molar-refractivity contribution >= 4 is 5.97 Å². The van der Waals surface area contributed by atoms with E-state index in [-0.39, 0.29) is 19.6 Å². The molecule has 68 heavy (non-hydrogen) atoms. The van der Waals surface area contributed by atoms with E-state index in [2.05, 4.69) is 68.5 Å². The number of carbonyl (C=O) groups is 1. The molecular formula is C54H92O14. The van der Waals surface area contributed by atoms with E-state index in [1.165, 1.54) is 89.9 Å². The molecule has 14 nitrogen and oxygen atoms in total. The molecule has 0 aromatic heterocycles. The Labute approximate surface area is 408 Å². The van der Waals surface area contributed by atoms with Gasteiger partial charge in [0.25, 0.3) is 0 Å². The molecule has 0 saturated carbocycles. The van der Waals surface area contributed by atoms with Crippen LogP contribution in [0.4, 0.5) is 0 Å². The van der Waals surface area contributed by atoms with Crippen LogP contribution in [0.3, 0.4) is 0 Å². The van der Waals surface area contributed by atoms with E-state index in [0.29, 0.717) is 13.0 Å². The highest BCUT2D eigenvalue weighted by atomic mass is 16.7. The number of unbranched alkanes of at least 4 members (excludes halogenated alkanes) is 15. The first kappa shape index (κ1) is 61.5. The number of hydrogen-bond donors (Lipinski definition) is 7. The fraction of sp³-hybridized carbons (Fsp3) is 0.759. The molecule has 0 aliphatic carbocycles. The van der Waals surface area contributed by atoms with Crippen molar-refractivity contribution in [2.75, 3.05) is 33.0 Å². The Morgan fingerprint density at radius 3 is 1.49 bits per heavy atom. The third kappa shape index (κ3) is 28.3. The van der Waals surface area contributed by atoms with E-state index in [0.717, 1.165) is 44.9 Å². The molecule has 2 fully saturated rings. The van der Waals surface area contributed by atoms with Crippen LogP contribution in [0.15, 0.2) is 72.9 Å². The second-order valence-electron chi connectivity index (χ2n) is 18.0. The van der Waals surface area contributed by atoms with Gasteiger partial charge in [0.1, 0.15) is 54.9 Å². The Morgan fingerprint density at radius 2 is 0.956 bits per heavy atom. The van der Waals surface area contributed by atoms with Crippen LogP contribution in [0.2, 0.25) is 0 Å². The van der Waals surface area contributed by atoms with Crippen molar-refractivity contribution in [1.82, 2.24) is 0 Å². The highest BCUT2D eigenvalue weighted by Gasteiger charge is 2.47. The number of esters is 1. The molecule has 0 amide bonds. The zero-order valence-corrected chi connectivity index (χ0v) is 41.6. The first-order valence-corrected chi connectivity index (χ1v) is 26.0. The number of hydrogen-bond acceptors (Lipinski definition) is 14. The number of aliphatic hydroxyl groups is 7. The van der Waals surface area contributed by atoms with Gasteiger partial charge in [0.15, 0.2) is 12.6 Å². The summed E-state index contributed by atoms with van der Waals surface area (Å²) in [5, 5.41) is 72.1. The zero-order chi connectivity index (χ0) is 49.5. The Morgan fingerprint density at radius 1 is 0.500 bits per heavy atom. The summed E-state index contributed by atoms with van der Waals surface area (Å²) in [5.74, 6) is -0.505. The predicted molar refractivity (Wildman–Crippen MR) is 265 cm³/mol. The Hall–Kier alpha value is -2.57. The highest BCUT2D eigenvalue weighted by Crippen LogP contribution is 2.26. The van der Waals surface area contributed by atoms with Gasteiger partial charge in [-0.1, -0.05) is 164 Å². The molecule has 0 bridgehead atoms. The van der Waals surface area contributed by atoms with Crippen molar-refractivity contribution in [2.24, 2.45) is 0 Å². The molecule has 0 aromatic carbocycles. The van der Waals surface area contributed by atoms with Crippen LogP contribution in [-0.2, 0) is 33.2 Å². The van der Waals surface area contributed by atoms with Crippen molar-refractivity contribution in [3.8, 4) is 0 Å². The van der Waals surface area contributed by atoms with Crippen molar-refractivity contribution in [3.63, 3.8) is 0 Å². The van der Waals surface area contributed by atoms with Crippen LogP contribution in [0, 0.1) is 0 Å². The van der Waals surface area contributed by atoms with E-state index in [4.69, 9.17) is 28.4 Å². The van der Waals surface area contributed by atoms with Crippen molar-refractivity contribution in [1.29, 1.82) is 0 Å². The summed E-state index contributed by atoms with van der Waals surface area (Å²) in [5.41, 5.74) is 0. The lowest BCUT2D eigenvalue weighted by Crippen LogP contribution is -2.61. The first-order chi connectivity index (χ1) is 33.1. The number of aliphatic hydroxyl groups excluding tert-OH is 7. The fourth-order valence-electron chi connectivity index (χ4n) is 7.77. The van der Waals surface area contributed by atoms with Crippen LogP contribution < -0.4 is 0 Å². The molecule has 2 rings (SSSR count). The van der Waals surface area contributed by atoms with Gasteiger partial charge in [0, 0.05) is 6.61 Å². The summed E-state index contributed by atoms with van der Waals surface area (Å²) in [4.78, 5) is 12.9. The normalized spacial score (nSPS) is 26.5. The minimum atomic E-state index is -1.73. The van der Waals surface area contributed by atoms with Crippen molar-refractivity contribution in [2.45, 2.75) is 229 Å². The number of allylic oxidation sites excluding steroid dienone is 11. The van der Waals surface area contributed by atoms with Gasteiger partial charge >= 0.3 is 5.97 Å². The molecule has 2 aliphatic rings. The monoisotopic (exact) mass is 965 g/mol. The maximum atomic E-state index is 12.9. The third-order valence-electron chi connectivity index (χ3n) is 12.0. The lowest BCUT2D eigenvalue weighted by Gasteiger charge is -2.42. The van der Waals surface area contributed by atoms with E-state index in [9.17, 15) is 40.5 Å². The van der Waals surface area contributed by atoms with Crippen LogP contribution >= 0.6 is 0 Å². The first-order valence-electron chi connectivity index (χ1n) is 26.0. The summed E-state index contributed by atoms with van der Waals surface area (Å²) >= 11 is 0. The lowest BCUT2D eigenvalue weighted by molar-refractivity contribution is -0.332. The lowest BCUT2D eigenvalue weighted by atomic mass is 9.98. The summed E-state index contributed by atoms with van der Waals surface area (Å²) in [6.07, 6.45) is 34.2. The molecular weight excluding hydrogens is 873 g/mol. The summed E-state index contributed by atoms with van der Waals surface area (Å²) < 4.78 is 34.1. The molecule has 11 unspecified atom stereocenters. The van der Waals surface area contributed by atoms with E-state index in [1.807, 2.05) is 12.2 Å². The second kappa shape index (κ2) is 41.1. The molecule has 11 atom stereocenters. The van der Waals surface area contributed by atoms with E-state index in [1.54, 1.807) is 6.08 Å². The van der Waals surface area contributed by atoms with Crippen molar-refractivity contribution < 1.29 is 69.0 Å². The number of carbonyl (C=O) groups excluding carboxylic acids is 1. The number of rotatable bonds is 40. The van der Waals surface area contributed by atoms with Crippen molar-refractivity contribution in [3.05, 3.63) is 72.9 Å². The van der Waals surface area contributed by atoms with Gasteiger partial charge in [-0.25, -0.2) is 0 Å². The minimum absolute atomic E-state index is 0.0164. The van der Waals surface area contributed by atoms with Gasteiger partial charge in [0.05, 0.1) is 32.8 Å². The third-order valence-corrected chi connectivity index (χ3v) is 12.0. The number of ether oxygens (including phenoxy) is 6. The molecule has 2 saturated heterocycles. The van der Waals surface area contributed by atoms with E-state index >= 15 is 0 Å². The van der Waals surface area contributed by atoms with Crippen LogP contribution in [0.1, 0.15) is 162 Å². The van der Waals surface area contributed by atoms with Gasteiger partial charge < -0.3 is 64.2 Å². The maximum absolute atomic E-state index is 12.9. The minimum Gasteiger partial charge on any atom is -0.457 e. The Balaban J connectivity index is 1.79. The summed E-state index contributed by atoms with van der Waals surface area (Å²) in [6.45, 7) is 3.42. The van der Waals surface area contributed by atoms with Gasteiger partial charge in [-0.3, -0.25) is 4.79 Å². The summed E-state index contributed by atoms with van der Waals surface area (Å²) in [7, 11) is 0. The predicted octanol–water partition coefficient (Wildman–Crippen LogP) is 7.90. The second-order valence-corrected chi connectivity index (χ2v) is 18.0. The van der Waals surface area contributed by atoms with E-state index < -0.39 is 86.7 Å². The molecule has 14 heteroatoms. The SMILES string of the molecule is CC/C=C\C/C=C\C/C=C\C/C=C\C/C=C\CC(=O)OC(COCCCCCCCCCC/C=C\CCCCCCCCC)COC1OC(COC2OC(CO)C(O)C(O)C2O)C(O)C(O)C1O. The van der Waals surface area contributed by atoms with Gasteiger partial charge in [-0.2, -0.15) is 0 Å². The Bertz CT molecular complexity index is 1400. The molecule has 0 radical (unpaired) electrons. The van der Waals surface area contributed by atoms with Gasteiger partial charge in [0.2, 0.25) is 0 Å². The molecule has 2 aliphatic heterocycles. The topological polar surface area (TPSA) is 214 Å². The summed E-state index contributed by atoms with van der Waals surface area (Å²) in [6, 6.07) is 0. The quantitative estimate of drug-likeness (QED) is 0.0177. The molecule has 2 heterocycles. The largest absolute Gasteiger partial charge is 0.457 e. The van der Waals surface area contributed by atoms with Gasteiger partial charge in [-0.05, 0) is 64.2 Å². The van der Waals surface area contributed by atoms with Crippen LogP contribution in [0.25, 0.3) is 0 Å². The Kier molecular flexibility index (Phi) is 37.2. The highest BCUT2D eigenvalue weighted by molar-refractivity contribution is 5.71. The molecule has 7 N–H and O–H groups in total. The molecule has 392 valence electrons. The standard InChI is InChI=1S/C54H92O14/c1-3-5-7-9-11-13-15-17-19-20-21-22-24-26-28-30-32-34-36-38-63-40-43(66-46(56)37-35-33-31-29-27-25-23-18-16-14-12-10-8-6-4-2)41-64-53-52(62)50(60)48(58)45(68-53)42-65-54-51(61)49(59)47(57)44(39-55)67-54/h6,8,12,14,18-20,23,27,29,33,35,43-45,47-55,57-62H,3-5,7,9-11,13,15-17,21-22,24-26,28,30-32,34,36-42H2,1-2H3/b8-6-,14-12-,20-19-,23-18-,29-27-,35-33-. The van der Waals surface area contributed by atoms with Crippen LogP contribution in [-0.4, -0.2) is 142 Å². The fourth-order valence-corrected chi connectivity index (χ4v) is 7.77. The molecule has 0 aromatic rings. The maximum Gasteiger partial charge on any atom is 0.310 e. The smallest absolute Gasteiger partial charge is 0.310 e. The zero-order valence-electron chi connectivity index (χ0n) is 41.6. The average molecular weight is 965 g/mol. The van der Waals surface area contributed by atoms with Crippen LogP contribution in [0.5, 0.6) is 0 Å². The van der Waals surface area contributed by atoms with Gasteiger partial charge in [-0.15, -0.1) is 0 Å². The average Bonchev–Trinajstić information content (AvgIpc) is 3.33.